The second kappa shape index (κ2) is 4.21. The summed E-state index contributed by atoms with van der Waals surface area (Å²) in [5.41, 5.74) is 0.803. The van der Waals surface area contributed by atoms with E-state index in [2.05, 4.69) is 60.6 Å². The fraction of sp³-hybridized carbons (Fsp3) is 0.875. The van der Waals surface area contributed by atoms with Gasteiger partial charge in [-0.2, -0.15) is 0 Å². The normalized spacial score (nSPS) is 35.6. The number of fused-ring (bicyclic) bond motifs is 1. The van der Waals surface area contributed by atoms with Crippen molar-refractivity contribution in [1.29, 1.82) is 0 Å². The van der Waals surface area contributed by atoms with Gasteiger partial charge in [-0.05, 0) is 28.0 Å². The van der Waals surface area contributed by atoms with Crippen molar-refractivity contribution in [3.05, 3.63) is 12.2 Å². The number of hydrogen-bond acceptors (Lipinski definition) is 1. The Kier molecular flexibility index (Phi) is 3.35. The monoisotopic (exact) mass is 266 g/mol. The van der Waals surface area contributed by atoms with Crippen molar-refractivity contribution in [2.45, 2.75) is 70.5 Å². The van der Waals surface area contributed by atoms with Crippen molar-refractivity contribution in [3.8, 4) is 0 Å². The van der Waals surface area contributed by atoms with E-state index >= 15 is 0 Å². The predicted octanol–water partition coefficient (Wildman–Crippen LogP) is 5.14. The van der Waals surface area contributed by atoms with Gasteiger partial charge in [0.2, 0.25) is 8.32 Å². The van der Waals surface area contributed by atoms with Crippen LogP contribution in [0.1, 0.15) is 54.9 Å². The van der Waals surface area contributed by atoms with Crippen LogP contribution in [0.3, 0.4) is 0 Å². The van der Waals surface area contributed by atoms with E-state index in [1.165, 1.54) is 6.42 Å². The van der Waals surface area contributed by atoms with Gasteiger partial charge in [-0.15, -0.1) is 0 Å². The lowest BCUT2D eigenvalue weighted by molar-refractivity contribution is 0.285. The Hall–Kier alpha value is -0.0831. The van der Waals surface area contributed by atoms with E-state index in [9.17, 15) is 0 Å². The van der Waals surface area contributed by atoms with Crippen molar-refractivity contribution in [2.24, 2.45) is 11.8 Å². The molecule has 0 saturated carbocycles. The van der Waals surface area contributed by atoms with Crippen LogP contribution >= 0.6 is 0 Å². The molecule has 0 aromatic heterocycles. The maximum absolute atomic E-state index is 6.65. The Morgan fingerprint density at radius 2 is 1.56 bits per heavy atom. The zero-order valence-electron chi connectivity index (χ0n) is 13.2. The Morgan fingerprint density at radius 3 is 2.06 bits per heavy atom. The molecule has 0 unspecified atom stereocenters. The molecule has 1 aliphatic heterocycles. The van der Waals surface area contributed by atoms with E-state index in [0.29, 0.717) is 16.0 Å². The van der Waals surface area contributed by atoms with Crippen LogP contribution in [0.2, 0.25) is 15.6 Å². The molecule has 0 N–H and O–H groups in total. The van der Waals surface area contributed by atoms with Gasteiger partial charge in [0.15, 0.2) is 0 Å². The van der Waals surface area contributed by atoms with E-state index in [-0.39, 0.29) is 0 Å². The minimum atomic E-state index is -1.79. The first-order valence-corrected chi connectivity index (χ1v) is 9.40. The maximum Gasteiger partial charge on any atom is 0.207 e. The minimum Gasteiger partial charge on any atom is -0.415 e. The standard InChI is InChI=1S/C16H30OSi/c1-12-8-9-13-11-17-18(14(13)10-12,15(2,3)4)16(5,6)7/h8-9,12-14H,10-11H2,1-7H3/t12-,13-,14+/m1/s1. The third kappa shape index (κ3) is 1.92. The molecule has 2 rings (SSSR count). The van der Waals surface area contributed by atoms with Crippen molar-refractivity contribution in [1.82, 2.24) is 0 Å². The molecule has 0 amide bonds. The molecule has 1 aliphatic carbocycles. The smallest absolute Gasteiger partial charge is 0.207 e. The highest BCUT2D eigenvalue weighted by molar-refractivity contribution is 6.81. The van der Waals surface area contributed by atoms with E-state index < -0.39 is 8.32 Å². The summed E-state index contributed by atoms with van der Waals surface area (Å²) in [4.78, 5) is 0. The fourth-order valence-corrected chi connectivity index (χ4v) is 12.3. The van der Waals surface area contributed by atoms with Crippen molar-refractivity contribution < 1.29 is 4.43 Å². The molecule has 0 spiro atoms. The Morgan fingerprint density at radius 1 is 1.00 bits per heavy atom. The zero-order chi connectivity index (χ0) is 13.8. The lowest BCUT2D eigenvalue weighted by atomic mass is 9.89. The van der Waals surface area contributed by atoms with Crippen LogP contribution in [0, 0.1) is 11.8 Å². The second-order valence-corrected chi connectivity index (χ2v) is 13.9. The van der Waals surface area contributed by atoms with Crippen LogP contribution in [-0.2, 0) is 4.43 Å². The van der Waals surface area contributed by atoms with Gasteiger partial charge in [-0.3, -0.25) is 0 Å². The number of allylic oxidation sites excluding steroid dienone is 1. The van der Waals surface area contributed by atoms with Gasteiger partial charge in [-0.1, -0.05) is 60.6 Å². The molecule has 18 heavy (non-hydrogen) atoms. The van der Waals surface area contributed by atoms with Gasteiger partial charge in [0.1, 0.15) is 0 Å². The molecule has 1 saturated heterocycles. The average molecular weight is 267 g/mol. The van der Waals surface area contributed by atoms with Gasteiger partial charge in [0.05, 0.1) is 0 Å². The first kappa shape index (κ1) is 14.3. The second-order valence-electron chi connectivity index (χ2n) is 8.41. The zero-order valence-corrected chi connectivity index (χ0v) is 14.2. The largest absolute Gasteiger partial charge is 0.415 e. The first-order chi connectivity index (χ1) is 8.09. The van der Waals surface area contributed by atoms with Crippen molar-refractivity contribution in [3.63, 3.8) is 0 Å². The molecule has 2 heteroatoms. The number of hydrogen-bond donors (Lipinski definition) is 0. The quantitative estimate of drug-likeness (QED) is 0.435. The van der Waals surface area contributed by atoms with Crippen LogP contribution in [-0.4, -0.2) is 14.9 Å². The van der Waals surface area contributed by atoms with Crippen molar-refractivity contribution >= 4 is 8.32 Å². The van der Waals surface area contributed by atoms with E-state index in [4.69, 9.17) is 4.43 Å². The van der Waals surface area contributed by atoms with Crippen LogP contribution in [0.25, 0.3) is 0 Å². The lowest BCUT2D eigenvalue weighted by Crippen LogP contribution is -2.55. The molecule has 0 aromatic carbocycles. The SMILES string of the molecule is C[C@@H]1C=C[C@@H]2CO[Si](C(C)(C)C)(C(C)(C)C)[C@H]2C1. The third-order valence-electron chi connectivity index (χ3n) is 5.08. The highest BCUT2D eigenvalue weighted by atomic mass is 28.4. The maximum atomic E-state index is 6.65. The van der Waals surface area contributed by atoms with Crippen LogP contribution in [0.15, 0.2) is 12.2 Å². The Labute approximate surface area is 114 Å². The molecule has 0 aromatic rings. The highest BCUT2D eigenvalue weighted by Gasteiger charge is 2.64. The van der Waals surface area contributed by atoms with Gasteiger partial charge in [0, 0.05) is 12.5 Å². The third-order valence-corrected chi connectivity index (χ3v) is 11.9. The molecular weight excluding hydrogens is 236 g/mol. The Balaban J connectivity index is 2.47. The Bertz CT molecular complexity index is 331. The van der Waals surface area contributed by atoms with Gasteiger partial charge >= 0.3 is 0 Å². The summed E-state index contributed by atoms with van der Waals surface area (Å²) >= 11 is 0. The van der Waals surface area contributed by atoms with Gasteiger partial charge < -0.3 is 4.43 Å². The summed E-state index contributed by atoms with van der Waals surface area (Å²) in [7, 11) is -1.79. The summed E-state index contributed by atoms with van der Waals surface area (Å²) in [6.45, 7) is 17.8. The predicted molar refractivity (Wildman–Crippen MR) is 81.3 cm³/mol. The number of rotatable bonds is 0. The summed E-state index contributed by atoms with van der Waals surface area (Å²) < 4.78 is 6.65. The van der Waals surface area contributed by atoms with E-state index in [1.54, 1.807) is 0 Å². The summed E-state index contributed by atoms with van der Waals surface area (Å²) in [6, 6.07) is 0. The van der Waals surface area contributed by atoms with Gasteiger partial charge in [-0.25, -0.2) is 0 Å². The lowest BCUT2D eigenvalue weighted by Gasteiger charge is -2.52. The summed E-state index contributed by atoms with van der Waals surface area (Å²) in [5.74, 6) is 1.41. The van der Waals surface area contributed by atoms with E-state index in [1.807, 2.05) is 0 Å². The first-order valence-electron chi connectivity index (χ1n) is 7.42. The summed E-state index contributed by atoms with van der Waals surface area (Å²) in [6.07, 6.45) is 6.19. The van der Waals surface area contributed by atoms with Crippen LogP contribution < -0.4 is 0 Å². The van der Waals surface area contributed by atoms with Gasteiger partial charge in [0.25, 0.3) is 0 Å². The highest BCUT2D eigenvalue weighted by Crippen LogP contribution is 2.64. The van der Waals surface area contributed by atoms with E-state index in [0.717, 1.165) is 18.1 Å². The topological polar surface area (TPSA) is 9.23 Å². The molecular formula is C16H30OSi. The molecule has 1 nitrogen and oxygen atoms in total. The molecule has 1 fully saturated rings. The average Bonchev–Trinajstić information content (AvgIpc) is 2.54. The molecule has 0 bridgehead atoms. The van der Waals surface area contributed by atoms with Crippen molar-refractivity contribution in [2.75, 3.05) is 6.61 Å². The van der Waals surface area contributed by atoms with Crippen LogP contribution in [0.5, 0.6) is 0 Å². The molecule has 104 valence electrons. The molecule has 0 radical (unpaired) electrons. The minimum absolute atomic E-state index is 0.315. The molecule has 1 heterocycles. The summed E-state index contributed by atoms with van der Waals surface area (Å²) in [5, 5.41) is 0.630. The molecule has 3 atom stereocenters. The van der Waals surface area contributed by atoms with Crippen LogP contribution in [0.4, 0.5) is 0 Å². The molecule has 2 aliphatic rings. The fourth-order valence-electron chi connectivity index (χ4n) is 4.76.